The monoisotopic (exact) mass is 560 g/mol. The summed E-state index contributed by atoms with van der Waals surface area (Å²) >= 11 is 7.40. The summed E-state index contributed by atoms with van der Waals surface area (Å²) in [5, 5.41) is 12.3. The van der Waals surface area contributed by atoms with Gasteiger partial charge in [-0.25, -0.2) is 4.98 Å². The summed E-state index contributed by atoms with van der Waals surface area (Å²) in [4.78, 5) is 33.0. The summed E-state index contributed by atoms with van der Waals surface area (Å²) in [6.07, 6.45) is 1.63. The van der Waals surface area contributed by atoms with Gasteiger partial charge in [-0.1, -0.05) is 47.7 Å². The molecule has 0 saturated carbocycles. The fourth-order valence-electron chi connectivity index (χ4n) is 4.58. The maximum atomic E-state index is 13.5. The molecule has 1 atom stereocenters. The SMILES string of the molecule is C=CCOc1ccc([C@@H]2/C(=C(\O)c3ccc4c(c3)OCCO4)C(=O)C(=O)N2c2nc3ccc(Cl)cc3s2)cc1. The third kappa shape index (κ3) is 4.49. The van der Waals surface area contributed by atoms with Crippen LogP contribution in [0.15, 0.2) is 78.9 Å². The predicted molar refractivity (Wildman–Crippen MR) is 149 cm³/mol. The predicted octanol–water partition coefficient (Wildman–Crippen LogP) is 5.91. The number of thiazole rings is 1. The molecule has 1 N–H and O–H groups in total. The Kier molecular flexibility index (Phi) is 6.46. The molecule has 0 bridgehead atoms. The first-order valence-corrected chi connectivity index (χ1v) is 13.2. The van der Waals surface area contributed by atoms with Crippen LogP contribution in [-0.2, 0) is 9.59 Å². The van der Waals surface area contributed by atoms with Gasteiger partial charge in [0.2, 0.25) is 0 Å². The number of benzene rings is 3. The molecule has 0 radical (unpaired) electrons. The average molecular weight is 561 g/mol. The average Bonchev–Trinajstić information content (AvgIpc) is 3.48. The number of Topliss-reactive ketones (excluding diaryl/α,β-unsaturated/α-hetero) is 1. The Morgan fingerprint density at radius 2 is 1.87 bits per heavy atom. The van der Waals surface area contributed by atoms with E-state index in [0.717, 1.165) is 4.70 Å². The molecule has 2 aliphatic heterocycles. The number of halogens is 1. The van der Waals surface area contributed by atoms with Crippen LogP contribution >= 0.6 is 22.9 Å². The largest absolute Gasteiger partial charge is 0.507 e. The standard InChI is InChI=1S/C29H21ClN2O6S/c1-2-11-36-19-7-3-16(4-8-19)25-24(26(33)17-5-10-21-22(14-17)38-13-12-37-21)27(34)28(35)32(25)29-31-20-9-6-18(30)15-23(20)39-29/h2-10,14-15,25,33H,1,11-13H2/b26-24+/t25-/m1/s1. The van der Waals surface area contributed by atoms with Crippen molar-refractivity contribution < 1.29 is 28.9 Å². The Morgan fingerprint density at radius 3 is 2.64 bits per heavy atom. The number of nitrogens with zero attached hydrogens (tertiary/aromatic N) is 2. The lowest BCUT2D eigenvalue weighted by atomic mass is 9.95. The summed E-state index contributed by atoms with van der Waals surface area (Å²) in [5.74, 6) is -0.361. The summed E-state index contributed by atoms with van der Waals surface area (Å²) < 4.78 is 17.6. The molecule has 10 heteroatoms. The zero-order valence-electron chi connectivity index (χ0n) is 20.4. The van der Waals surface area contributed by atoms with Crippen molar-refractivity contribution in [2.75, 3.05) is 24.7 Å². The van der Waals surface area contributed by atoms with Crippen LogP contribution in [0, 0.1) is 0 Å². The molecule has 39 heavy (non-hydrogen) atoms. The number of hydrogen-bond acceptors (Lipinski definition) is 8. The molecule has 196 valence electrons. The van der Waals surface area contributed by atoms with Crippen molar-refractivity contribution in [3.63, 3.8) is 0 Å². The molecule has 3 heterocycles. The zero-order chi connectivity index (χ0) is 27.1. The van der Waals surface area contributed by atoms with Crippen molar-refractivity contribution in [1.29, 1.82) is 0 Å². The first kappa shape index (κ1) is 25.0. The highest BCUT2D eigenvalue weighted by molar-refractivity contribution is 7.22. The van der Waals surface area contributed by atoms with Crippen molar-refractivity contribution >= 4 is 55.7 Å². The lowest BCUT2D eigenvalue weighted by Crippen LogP contribution is -2.29. The molecule has 8 nitrogen and oxygen atoms in total. The van der Waals surface area contributed by atoms with Gasteiger partial charge in [-0.15, -0.1) is 0 Å². The summed E-state index contributed by atoms with van der Waals surface area (Å²) in [5.41, 5.74) is 1.49. The van der Waals surface area contributed by atoms with Crippen LogP contribution in [-0.4, -0.2) is 41.6 Å². The molecule has 1 fully saturated rings. The second kappa shape index (κ2) is 10.1. The van der Waals surface area contributed by atoms with Gasteiger partial charge < -0.3 is 19.3 Å². The Hall–Kier alpha value is -4.34. The molecule has 3 aromatic carbocycles. The maximum absolute atomic E-state index is 13.5. The number of ether oxygens (including phenoxy) is 3. The van der Waals surface area contributed by atoms with E-state index in [0.29, 0.717) is 63.9 Å². The van der Waals surface area contributed by atoms with Gasteiger partial charge in [-0.2, -0.15) is 0 Å². The molecule has 1 amide bonds. The van der Waals surface area contributed by atoms with Gasteiger partial charge >= 0.3 is 5.91 Å². The molecule has 1 saturated heterocycles. The fraction of sp³-hybridized carbons (Fsp3) is 0.138. The highest BCUT2D eigenvalue weighted by atomic mass is 35.5. The van der Waals surface area contributed by atoms with E-state index in [1.165, 1.54) is 16.2 Å². The number of hydrogen-bond donors (Lipinski definition) is 1. The van der Waals surface area contributed by atoms with Gasteiger partial charge in [0.1, 0.15) is 31.3 Å². The Morgan fingerprint density at radius 1 is 1.10 bits per heavy atom. The number of anilines is 1. The number of aliphatic hydroxyl groups excluding tert-OH is 1. The molecular weight excluding hydrogens is 540 g/mol. The number of aromatic nitrogens is 1. The molecule has 0 aliphatic carbocycles. The minimum Gasteiger partial charge on any atom is -0.507 e. The van der Waals surface area contributed by atoms with E-state index in [4.69, 9.17) is 25.8 Å². The number of carbonyl (C=O) groups excluding carboxylic acids is 2. The van der Waals surface area contributed by atoms with E-state index in [1.54, 1.807) is 66.7 Å². The first-order valence-electron chi connectivity index (χ1n) is 12.1. The second-order valence-electron chi connectivity index (χ2n) is 8.80. The number of aliphatic hydroxyl groups is 1. The summed E-state index contributed by atoms with van der Waals surface area (Å²) in [7, 11) is 0. The molecule has 6 rings (SSSR count). The first-order chi connectivity index (χ1) is 18.9. The molecular formula is C29H21ClN2O6S. The van der Waals surface area contributed by atoms with Gasteiger partial charge in [0.05, 0.1) is 21.8 Å². The van der Waals surface area contributed by atoms with Gasteiger partial charge in [-0.3, -0.25) is 14.5 Å². The quantitative estimate of drug-likeness (QED) is 0.135. The third-order valence-electron chi connectivity index (χ3n) is 6.37. The lowest BCUT2D eigenvalue weighted by Gasteiger charge is -2.23. The van der Waals surface area contributed by atoms with Crippen LogP contribution in [0.2, 0.25) is 5.02 Å². The number of carbonyl (C=O) groups is 2. The molecule has 0 unspecified atom stereocenters. The van der Waals surface area contributed by atoms with Crippen LogP contribution in [0.1, 0.15) is 17.2 Å². The maximum Gasteiger partial charge on any atom is 0.301 e. The Bertz CT molecular complexity index is 1660. The smallest absolute Gasteiger partial charge is 0.301 e. The van der Waals surface area contributed by atoms with Crippen LogP contribution in [0.3, 0.4) is 0 Å². The van der Waals surface area contributed by atoms with E-state index < -0.39 is 17.7 Å². The van der Waals surface area contributed by atoms with Crippen molar-refractivity contribution in [2.45, 2.75) is 6.04 Å². The number of fused-ring (bicyclic) bond motifs is 2. The summed E-state index contributed by atoms with van der Waals surface area (Å²) in [6.45, 7) is 4.77. The van der Waals surface area contributed by atoms with Gasteiger partial charge in [0, 0.05) is 10.6 Å². The van der Waals surface area contributed by atoms with Gasteiger partial charge in [0.15, 0.2) is 16.6 Å². The zero-order valence-corrected chi connectivity index (χ0v) is 22.0. The van der Waals surface area contributed by atoms with Crippen LogP contribution in [0.25, 0.3) is 16.0 Å². The van der Waals surface area contributed by atoms with E-state index in [9.17, 15) is 14.7 Å². The normalized spacial score (nSPS) is 18.0. The molecule has 4 aromatic rings. The fourth-order valence-corrected chi connectivity index (χ4v) is 5.85. The molecule has 2 aliphatic rings. The minimum atomic E-state index is -0.942. The van der Waals surface area contributed by atoms with Crippen LogP contribution in [0.5, 0.6) is 17.2 Å². The van der Waals surface area contributed by atoms with E-state index >= 15 is 0 Å². The minimum absolute atomic E-state index is 0.0614. The topological polar surface area (TPSA) is 98.2 Å². The number of ketones is 1. The second-order valence-corrected chi connectivity index (χ2v) is 10.3. The van der Waals surface area contributed by atoms with Crippen molar-refractivity contribution in [1.82, 2.24) is 4.98 Å². The Labute approximate surface area is 232 Å². The Balaban J connectivity index is 1.50. The van der Waals surface area contributed by atoms with Crippen molar-refractivity contribution in [3.05, 3.63) is 95.0 Å². The van der Waals surface area contributed by atoms with E-state index in [-0.39, 0.29) is 11.3 Å². The number of amides is 1. The van der Waals surface area contributed by atoms with Crippen LogP contribution < -0.4 is 19.1 Å². The highest BCUT2D eigenvalue weighted by Gasteiger charge is 2.48. The summed E-state index contributed by atoms with van der Waals surface area (Å²) in [6, 6.07) is 16.1. The third-order valence-corrected chi connectivity index (χ3v) is 7.62. The number of rotatable bonds is 6. The van der Waals surface area contributed by atoms with E-state index in [1.807, 2.05) is 0 Å². The lowest BCUT2D eigenvalue weighted by molar-refractivity contribution is -0.132. The van der Waals surface area contributed by atoms with E-state index in [2.05, 4.69) is 11.6 Å². The van der Waals surface area contributed by atoms with Gasteiger partial charge in [-0.05, 0) is 54.1 Å². The molecule has 0 spiro atoms. The highest BCUT2D eigenvalue weighted by Crippen LogP contribution is 2.45. The van der Waals surface area contributed by atoms with Crippen molar-refractivity contribution in [3.8, 4) is 17.2 Å². The van der Waals surface area contributed by atoms with Crippen molar-refractivity contribution in [2.24, 2.45) is 0 Å². The van der Waals surface area contributed by atoms with Gasteiger partial charge in [0.25, 0.3) is 5.78 Å². The van der Waals surface area contributed by atoms with Crippen LogP contribution in [0.4, 0.5) is 5.13 Å². The molecule has 1 aromatic heterocycles.